The molecule has 0 bridgehead atoms. The number of aliphatic hydroxyl groups excluding tert-OH is 3. The fourth-order valence-electron chi connectivity index (χ4n) is 3.90. The number of allylic oxidation sites excluding steroid dienone is 2. The molecule has 5 heteroatoms. The molecule has 3 N–H and O–H groups in total. The van der Waals surface area contributed by atoms with Crippen molar-refractivity contribution in [1.82, 2.24) is 0 Å². The Balaban J connectivity index is 2.41. The van der Waals surface area contributed by atoms with E-state index in [9.17, 15) is 20.1 Å². The Bertz CT molecular complexity index is 487. The SMILES string of the molecule is CCCCC[C@H](O)/C=C/[C@@H]1[C@@H](C/C=C\CCCC(C)OC(C)=O)[C@@H](O)C[C@H]1O. The highest BCUT2D eigenvalue weighted by molar-refractivity contribution is 5.66. The molecule has 0 heterocycles. The quantitative estimate of drug-likeness (QED) is 0.250. The number of esters is 1. The Morgan fingerprint density at radius 1 is 1.14 bits per heavy atom. The van der Waals surface area contributed by atoms with Crippen molar-refractivity contribution in [2.45, 2.75) is 103 Å². The molecule has 28 heavy (non-hydrogen) atoms. The van der Waals surface area contributed by atoms with Gasteiger partial charge in [0, 0.05) is 19.3 Å². The van der Waals surface area contributed by atoms with E-state index in [-0.39, 0.29) is 23.9 Å². The zero-order valence-corrected chi connectivity index (χ0v) is 17.8. The molecule has 0 aromatic carbocycles. The van der Waals surface area contributed by atoms with Gasteiger partial charge in [-0.1, -0.05) is 50.5 Å². The number of ether oxygens (including phenoxy) is 1. The van der Waals surface area contributed by atoms with Crippen molar-refractivity contribution >= 4 is 5.97 Å². The average molecular weight is 397 g/mol. The van der Waals surface area contributed by atoms with Crippen LogP contribution in [0.15, 0.2) is 24.3 Å². The molecule has 1 rings (SSSR count). The molecule has 6 atom stereocenters. The summed E-state index contributed by atoms with van der Waals surface area (Å²) in [5, 5.41) is 30.6. The van der Waals surface area contributed by atoms with Crippen molar-refractivity contribution in [2.24, 2.45) is 11.8 Å². The van der Waals surface area contributed by atoms with Crippen LogP contribution in [0.3, 0.4) is 0 Å². The molecule has 1 fully saturated rings. The van der Waals surface area contributed by atoms with Gasteiger partial charge in [-0.2, -0.15) is 0 Å². The third-order valence-electron chi connectivity index (χ3n) is 5.50. The fourth-order valence-corrected chi connectivity index (χ4v) is 3.90. The first-order valence-corrected chi connectivity index (χ1v) is 10.9. The Labute approximate surface area is 170 Å². The lowest BCUT2D eigenvalue weighted by Crippen LogP contribution is -2.20. The lowest BCUT2D eigenvalue weighted by atomic mass is 9.89. The van der Waals surface area contributed by atoms with Gasteiger partial charge in [-0.3, -0.25) is 4.79 Å². The molecule has 0 aromatic heterocycles. The number of hydrogen-bond acceptors (Lipinski definition) is 5. The lowest BCUT2D eigenvalue weighted by molar-refractivity contribution is -0.145. The van der Waals surface area contributed by atoms with Crippen LogP contribution in [0.2, 0.25) is 0 Å². The lowest BCUT2D eigenvalue weighted by Gasteiger charge is -2.19. The Morgan fingerprint density at radius 3 is 2.57 bits per heavy atom. The van der Waals surface area contributed by atoms with Gasteiger partial charge in [0.05, 0.1) is 24.4 Å². The van der Waals surface area contributed by atoms with Crippen LogP contribution < -0.4 is 0 Å². The molecule has 1 aliphatic rings. The Hall–Kier alpha value is -1.17. The van der Waals surface area contributed by atoms with Gasteiger partial charge in [-0.15, -0.1) is 0 Å². The summed E-state index contributed by atoms with van der Waals surface area (Å²) in [6, 6.07) is 0. The Morgan fingerprint density at radius 2 is 1.89 bits per heavy atom. The van der Waals surface area contributed by atoms with Crippen LogP contribution in [0.4, 0.5) is 0 Å². The first-order chi connectivity index (χ1) is 13.3. The van der Waals surface area contributed by atoms with E-state index >= 15 is 0 Å². The van der Waals surface area contributed by atoms with E-state index in [1.54, 1.807) is 6.08 Å². The summed E-state index contributed by atoms with van der Waals surface area (Å²) < 4.78 is 5.10. The Kier molecular flexibility index (Phi) is 12.4. The molecule has 162 valence electrons. The molecule has 5 nitrogen and oxygen atoms in total. The van der Waals surface area contributed by atoms with E-state index in [4.69, 9.17) is 4.74 Å². The van der Waals surface area contributed by atoms with Gasteiger partial charge in [-0.05, 0) is 44.9 Å². The first-order valence-electron chi connectivity index (χ1n) is 10.9. The number of aliphatic hydroxyl groups is 3. The first kappa shape index (κ1) is 24.9. The topological polar surface area (TPSA) is 87.0 Å². The third kappa shape index (κ3) is 9.85. The number of carbonyl (C=O) groups excluding carboxylic acids is 1. The molecule has 0 aromatic rings. The summed E-state index contributed by atoms with van der Waals surface area (Å²) in [5.41, 5.74) is 0. The molecule has 0 saturated heterocycles. The number of hydrogen-bond donors (Lipinski definition) is 3. The highest BCUT2D eigenvalue weighted by Crippen LogP contribution is 2.36. The van der Waals surface area contributed by atoms with Crippen molar-refractivity contribution in [3.8, 4) is 0 Å². The summed E-state index contributed by atoms with van der Waals surface area (Å²) in [7, 11) is 0. The second-order valence-electron chi connectivity index (χ2n) is 8.12. The molecule has 1 unspecified atom stereocenters. The molecule has 1 saturated carbocycles. The van der Waals surface area contributed by atoms with E-state index in [2.05, 4.69) is 19.1 Å². The van der Waals surface area contributed by atoms with E-state index in [1.807, 2.05) is 13.0 Å². The minimum Gasteiger partial charge on any atom is -0.463 e. The van der Waals surface area contributed by atoms with Gasteiger partial charge in [0.15, 0.2) is 0 Å². The smallest absolute Gasteiger partial charge is 0.302 e. The number of carbonyl (C=O) groups is 1. The summed E-state index contributed by atoms with van der Waals surface area (Å²) in [5.74, 6) is -0.388. The van der Waals surface area contributed by atoms with Crippen molar-refractivity contribution < 1.29 is 24.9 Å². The standard InChI is InChI=1S/C23H40O5/c1-4-5-8-12-19(25)14-15-21-20(22(26)16-23(21)27)13-10-7-6-9-11-17(2)28-18(3)24/h7,10,14-15,17,19-23,25-27H,4-6,8-9,11-13,16H2,1-3H3/b10-7-,15-14+/t17?,19-,20+,21+,22-,23+/m0/s1. The zero-order chi connectivity index (χ0) is 20.9. The minimum atomic E-state index is -0.558. The van der Waals surface area contributed by atoms with Crippen molar-refractivity contribution in [3.05, 3.63) is 24.3 Å². The summed E-state index contributed by atoms with van der Waals surface area (Å²) in [6.07, 6.45) is 14.0. The van der Waals surface area contributed by atoms with E-state index < -0.39 is 18.3 Å². The van der Waals surface area contributed by atoms with E-state index in [0.717, 1.165) is 44.9 Å². The van der Waals surface area contributed by atoms with Crippen LogP contribution in [0.25, 0.3) is 0 Å². The maximum atomic E-state index is 10.9. The fraction of sp³-hybridized carbons (Fsp3) is 0.783. The molecular weight excluding hydrogens is 356 g/mol. The predicted octanol–water partition coefficient (Wildman–Crippen LogP) is 3.91. The molecule has 0 radical (unpaired) electrons. The number of rotatable bonds is 13. The van der Waals surface area contributed by atoms with Crippen LogP contribution in [0, 0.1) is 11.8 Å². The van der Waals surface area contributed by atoms with Gasteiger partial charge in [0.25, 0.3) is 0 Å². The average Bonchev–Trinajstić information content (AvgIpc) is 2.88. The van der Waals surface area contributed by atoms with Crippen LogP contribution in [-0.4, -0.2) is 45.7 Å². The second kappa shape index (κ2) is 13.9. The number of unbranched alkanes of at least 4 members (excludes halogenated alkanes) is 3. The van der Waals surface area contributed by atoms with Gasteiger partial charge < -0.3 is 20.1 Å². The maximum absolute atomic E-state index is 10.9. The van der Waals surface area contributed by atoms with E-state index in [1.165, 1.54) is 6.92 Å². The van der Waals surface area contributed by atoms with Crippen molar-refractivity contribution in [1.29, 1.82) is 0 Å². The van der Waals surface area contributed by atoms with Gasteiger partial charge in [0.1, 0.15) is 0 Å². The maximum Gasteiger partial charge on any atom is 0.302 e. The largest absolute Gasteiger partial charge is 0.463 e. The van der Waals surface area contributed by atoms with Crippen LogP contribution in [0.5, 0.6) is 0 Å². The monoisotopic (exact) mass is 396 g/mol. The molecule has 0 spiro atoms. The molecule has 1 aliphatic carbocycles. The highest BCUT2D eigenvalue weighted by atomic mass is 16.5. The van der Waals surface area contributed by atoms with Crippen molar-refractivity contribution in [2.75, 3.05) is 0 Å². The molecule has 0 aliphatic heterocycles. The van der Waals surface area contributed by atoms with E-state index in [0.29, 0.717) is 12.8 Å². The summed E-state index contributed by atoms with van der Waals surface area (Å²) in [6.45, 7) is 5.46. The third-order valence-corrected chi connectivity index (χ3v) is 5.50. The van der Waals surface area contributed by atoms with Crippen LogP contribution >= 0.6 is 0 Å². The molecular formula is C23H40O5. The van der Waals surface area contributed by atoms with Gasteiger partial charge >= 0.3 is 5.97 Å². The van der Waals surface area contributed by atoms with Crippen LogP contribution in [-0.2, 0) is 9.53 Å². The van der Waals surface area contributed by atoms with Crippen molar-refractivity contribution in [3.63, 3.8) is 0 Å². The summed E-state index contributed by atoms with van der Waals surface area (Å²) >= 11 is 0. The highest BCUT2D eigenvalue weighted by Gasteiger charge is 2.39. The second-order valence-corrected chi connectivity index (χ2v) is 8.12. The predicted molar refractivity (Wildman–Crippen MR) is 112 cm³/mol. The van der Waals surface area contributed by atoms with Gasteiger partial charge in [0.2, 0.25) is 0 Å². The van der Waals surface area contributed by atoms with Gasteiger partial charge in [-0.25, -0.2) is 0 Å². The molecule has 0 amide bonds. The van der Waals surface area contributed by atoms with Crippen LogP contribution in [0.1, 0.15) is 78.6 Å². The zero-order valence-electron chi connectivity index (χ0n) is 17.8. The minimum absolute atomic E-state index is 0.0229. The summed E-state index contributed by atoms with van der Waals surface area (Å²) in [4.78, 5) is 10.9. The normalized spacial score (nSPS) is 27.5.